The van der Waals surface area contributed by atoms with Crippen molar-refractivity contribution < 1.29 is 4.79 Å². The van der Waals surface area contributed by atoms with Crippen molar-refractivity contribution in [2.45, 2.75) is 20.4 Å². The lowest BCUT2D eigenvalue weighted by molar-refractivity contribution is 0.0950. The van der Waals surface area contributed by atoms with E-state index in [0.29, 0.717) is 12.1 Å². The third kappa shape index (κ3) is 2.92. The number of anilines is 1. The number of nitrogen functional groups attached to an aromatic ring is 1. The van der Waals surface area contributed by atoms with Gasteiger partial charge in [-0.3, -0.25) is 15.7 Å². The molecule has 6 nitrogen and oxygen atoms in total. The average Bonchev–Trinajstić information content (AvgIpc) is 2.81. The number of rotatable bonds is 4. The maximum atomic E-state index is 12.1. The zero-order chi connectivity index (χ0) is 13.8. The van der Waals surface area contributed by atoms with Crippen LogP contribution in [0.1, 0.15) is 27.2 Å². The van der Waals surface area contributed by atoms with Gasteiger partial charge in [0.15, 0.2) is 0 Å². The molecule has 1 amide bonds. The van der Waals surface area contributed by atoms with Gasteiger partial charge in [0.1, 0.15) is 0 Å². The van der Waals surface area contributed by atoms with Crippen molar-refractivity contribution in [3.8, 4) is 0 Å². The van der Waals surface area contributed by atoms with Crippen molar-refractivity contribution in [1.29, 1.82) is 0 Å². The van der Waals surface area contributed by atoms with E-state index < -0.39 is 0 Å². The number of nitrogens with one attached hydrogen (secondary N) is 3. The topological polar surface area (TPSA) is 95.8 Å². The number of hydrogen-bond acceptors (Lipinski definition) is 4. The third-order valence-electron chi connectivity index (χ3n) is 3.01. The van der Waals surface area contributed by atoms with Gasteiger partial charge in [-0.2, -0.15) is 5.10 Å². The van der Waals surface area contributed by atoms with Crippen molar-refractivity contribution in [2.75, 3.05) is 5.43 Å². The number of nitrogens with zero attached hydrogens (tertiary/aromatic N) is 1. The monoisotopic (exact) mass is 259 g/mol. The molecular formula is C13H17N5O. The number of H-pyrrole nitrogens is 1. The molecule has 0 atom stereocenters. The number of hydrazine groups is 1. The molecule has 0 spiro atoms. The average molecular weight is 259 g/mol. The van der Waals surface area contributed by atoms with Gasteiger partial charge >= 0.3 is 0 Å². The van der Waals surface area contributed by atoms with Gasteiger partial charge < -0.3 is 10.7 Å². The van der Waals surface area contributed by atoms with E-state index in [0.717, 1.165) is 22.5 Å². The molecule has 0 saturated heterocycles. The van der Waals surface area contributed by atoms with Crippen molar-refractivity contribution in [3.63, 3.8) is 0 Å². The summed E-state index contributed by atoms with van der Waals surface area (Å²) in [4.78, 5) is 12.1. The van der Waals surface area contributed by atoms with Crippen LogP contribution in [0, 0.1) is 13.8 Å². The quantitative estimate of drug-likeness (QED) is 0.490. The van der Waals surface area contributed by atoms with Crippen LogP contribution < -0.4 is 16.6 Å². The van der Waals surface area contributed by atoms with Crippen LogP contribution in [0.2, 0.25) is 0 Å². The second kappa shape index (κ2) is 5.53. The highest BCUT2D eigenvalue weighted by Crippen LogP contribution is 2.14. The zero-order valence-electron chi connectivity index (χ0n) is 10.9. The predicted octanol–water partition coefficient (Wildman–Crippen LogP) is 1.24. The number of hydrogen-bond donors (Lipinski definition) is 4. The van der Waals surface area contributed by atoms with Crippen LogP contribution >= 0.6 is 0 Å². The molecule has 1 aromatic heterocycles. The van der Waals surface area contributed by atoms with Crippen molar-refractivity contribution in [1.82, 2.24) is 15.5 Å². The molecule has 0 aliphatic heterocycles. The molecule has 2 aromatic rings. The maximum absolute atomic E-state index is 12.1. The number of nitrogens with two attached hydrogens (primary N) is 1. The molecule has 1 aromatic carbocycles. The zero-order valence-corrected chi connectivity index (χ0v) is 10.9. The fraction of sp³-hybridized carbons (Fsp3) is 0.231. The Labute approximate surface area is 111 Å². The standard InChI is InChI=1S/C13H17N5O/c1-8-5-11(17-14)3-4-12(8)13(19)15-6-10-7-16-18-9(10)2/h3-5,7,17H,6,14H2,1-2H3,(H,15,19)(H,16,18). The summed E-state index contributed by atoms with van der Waals surface area (Å²) in [5.74, 6) is 5.21. The molecule has 6 heteroatoms. The van der Waals surface area contributed by atoms with Gasteiger partial charge in [0.05, 0.1) is 6.20 Å². The normalized spacial score (nSPS) is 10.3. The van der Waals surface area contributed by atoms with E-state index in [1.807, 2.05) is 19.9 Å². The van der Waals surface area contributed by atoms with Gasteiger partial charge in [-0.1, -0.05) is 0 Å². The Balaban J connectivity index is 2.06. The Bertz CT molecular complexity index is 590. The van der Waals surface area contributed by atoms with Crippen LogP contribution in [-0.2, 0) is 6.54 Å². The minimum Gasteiger partial charge on any atom is -0.348 e. The van der Waals surface area contributed by atoms with Gasteiger partial charge in [-0.15, -0.1) is 0 Å². The lowest BCUT2D eigenvalue weighted by Gasteiger charge is -2.09. The molecule has 0 aliphatic carbocycles. The van der Waals surface area contributed by atoms with E-state index in [2.05, 4.69) is 20.9 Å². The summed E-state index contributed by atoms with van der Waals surface area (Å²) in [5, 5.41) is 9.62. The van der Waals surface area contributed by atoms with E-state index in [9.17, 15) is 4.79 Å². The molecule has 0 saturated carbocycles. The summed E-state index contributed by atoms with van der Waals surface area (Å²) in [6.45, 7) is 4.25. The highest BCUT2D eigenvalue weighted by molar-refractivity contribution is 5.96. The molecular weight excluding hydrogens is 242 g/mol. The van der Waals surface area contributed by atoms with Crippen LogP contribution in [0.4, 0.5) is 5.69 Å². The minimum atomic E-state index is -0.110. The Kier molecular flexibility index (Phi) is 3.82. The summed E-state index contributed by atoms with van der Waals surface area (Å²) in [6.07, 6.45) is 1.71. The number of carbonyl (C=O) groups excluding carboxylic acids is 1. The van der Waals surface area contributed by atoms with Crippen LogP contribution in [0.25, 0.3) is 0 Å². The van der Waals surface area contributed by atoms with E-state index >= 15 is 0 Å². The Morgan fingerprint density at radius 2 is 2.21 bits per heavy atom. The Morgan fingerprint density at radius 1 is 1.42 bits per heavy atom. The predicted molar refractivity (Wildman–Crippen MR) is 73.5 cm³/mol. The number of benzene rings is 1. The molecule has 0 fully saturated rings. The van der Waals surface area contributed by atoms with Gasteiger partial charge in [0.25, 0.3) is 5.91 Å². The number of amides is 1. The van der Waals surface area contributed by atoms with E-state index in [4.69, 9.17) is 5.84 Å². The number of aryl methyl sites for hydroxylation is 2. The summed E-state index contributed by atoms with van der Waals surface area (Å²) in [5.41, 5.74) is 6.78. The Hall–Kier alpha value is -2.34. The molecule has 2 rings (SSSR count). The largest absolute Gasteiger partial charge is 0.348 e. The number of aromatic nitrogens is 2. The number of aromatic amines is 1. The SMILES string of the molecule is Cc1cc(NN)ccc1C(=O)NCc1cn[nH]c1C. The second-order valence-corrected chi connectivity index (χ2v) is 4.38. The van der Waals surface area contributed by atoms with Gasteiger partial charge in [-0.05, 0) is 37.6 Å². The first kappa shape index (κ1) is 13.1. The fourth-order valence-corrected chi connectivity index (χ4v) is 1.83. The summed E-state index contributed by atoms with van der Waals surface area (Å²) in [7, 11) is 0. The Morgan fingerprint density at radius 3 is 2.79 bits per heavy atom. The highest BCUT2D eigenvalue weighted by Gasteiger charge is 2.10. The first-order chi connectivity index (χ1) is 9.11. The van der Waals surface area contributed by atoms with E-state index in [1.54, 1.807) is 18.3 Å². The first-order valence-electron chi connectivity index (χ1n) is 5.96. The van der Waals surface area contributed by atoms with Crippen molar-refractivity contribution in [3.05, 3.63) is 46.8 Å². The molecule has 0 aliphatic rings. The molecule has 5 N–H and O–H groups in total. The van der Waals surface area contributed by atoms with Crippen molar-refractivity contribution in [2.24, 2.45) is 5.84 Å². The van der Waals surface area contributed by atoms with E-state index in [1.165, 1.54) is 0 Å². The van der Waals surface area contributed by atoms with Gasteiger partial charge in [0, 0.05) is 29.1 Å². The number of carbonyl (C=O) groups is 1. The molecule has 100 valence electrons. The molecule has 19 heavy (non-hydrogen) atoms. The fourth-order valence-electron chi connectivity index (χ4n) is 1.83. The van der Waals surface area contributed by atoms with Gasteiger partial charge in [-0.25, -0.2) is 0 Å². The molecule has 1 heterocycles. The molecule has 0 unspecified atom stereocenters. The minimum absolute atomic E-state index is 0.110. The summed E-state index contributed by atoms with van der Waals surface area (Å²) < 4.78 is 0. The summed E-state index contributed by atoms with van der Waals surface area (Å²) in [6, 6.07) is 5.35. The molecule has 0 bridgehead atoms. The summed E-state index contributed by atoms with van der Waals surface area (Å²) >= 11 is 0. The lowest BCUT2D eigenvalue weighted by Crippen LogP contribution is -2.23. The maximum Gasteiger partial charge on any atom is 0.251 e. The third-order valence-corrected chi connectivity index (χ3v) is 3.01. The van der Waals surface area contributed by atoms with E-state index in [-0.39, 0.29) is 5.91 Å². The van der Waals surface area contributed by atoms with Crippen LogP contribution in [0.15, 0.2) is 24.4 Å². The molecule has 0 radical (unpaired) electrons. The van der Waals surface area contributed by atoms with Crippen LogP contribution in [0.3, 0.4) is 0 Å². The van der Waals surface area contributed by atoms with Crippen LogP contribution in [-0.4, -0.2) is 16.1 Å². The second-order valence-electron chi connectivity index (χ2n) is 4.38. The smallest absolute Gasteiger partial charge is 0.251 e. The first-order valence-corrected chi connectivity index (χ1v) is 5.96. The highest BCUT2D eigenvalue weighted by atomic mass is 16.1. The lowest BCUT2D eigenvalue weighted by atomic mass is 10.1. The van der Waals surface area contributed by atoms with Crippen molar-refractivity contribution >= 4 is 11.6 Å². The van der Waals surface area contributed by atoms with Crippen LogP contribution in [0.5, 0.6) is 0 Å². The van der Waals surface area contributed by atoms with Gasteiger partial charge in [0.2, 0.25) is 0 Å².